The van der Waals surface area contributed by atoms with E-state index >= 15 is 0 Å². The van der Waals surface area contributed by atoms with Gasteiger partial charge < -0.3 is 15.4 Å². The van der Waals surface area contributed by atoms with Gasteiger partial charge in [-0.25, -0.2) is 0 Å². The molecule has 0 aliphatic carbocycles. The van der Waals surface area contributed by atoms with Crippen LogP contribution in [0.15, 0.2) is 48.7 Å². The number of nitrogens with two attached hydrogens (primary N) is 1. The fraction of sp³-hybridized carbons (Fsp3) is 0.190. The molecule has 0 aliphatic rings. The minimum Gasteiger partial charge on any atom is -0.507 e. The third-order valence-corrected chi connectivity index (χ3v) is 4.92. The molecule has 0 bridgehead atoms. The number of aromatic hydroxyl groups is 1. The van der Waals surface area contributed by atoms with Crippen molar-refractivity contribution in [2.75, 3.05) is 0 Å². The first kappa shape index (κ1) is 17.8. The second-order valence-corrected chi connectivity index (χ2v) is 6.76. The molecule has 2 aromatic heterocycles. The molecule has 2 aromatic carbocycles. The zero-order valence-electron chi connectivity index (χ0n) is 15.8. The predicted molar refractivity (Wildman–Crippen MR) is 107 cm³/mol. The molecule has 142 valence electrons. The second-order valence-electron chi connectivity index (χ2n) is 6.76. The molecule has 4 aromatic rings. The molecule has 2 heterocycles. The lowest BCUT2D eigenvalue weighted by molar-refractivity contribution is -0.117. The highest BCUT2D eigenvalue weighted by Crippen LogP contribution is 2.33. The summed E-state index contributed by atoms with van der Waals surface area (Å²) in [5.41, 5.74) is 8.93. The van der Waals surface area contributed by atoms with E-state index in [2.05, 4.69) is 10.2 Å². The number of carbonyl (C=O) groups excluding carboxylic acids is 1. The Labute approximate surface area is 162 Å². The molecule has 7 heteroatoms. The molecule has 0 radical (unpaired) electrons. The summed E-state index contributed by atoms with van der Waals surface area (Å²) in [6, 6.07) is 13.3. The van der Waals surface area contributed by atoms with Crippen LogP contribution in [0.25, 0.3) is 28.0 Å². The number of benzene rings is 2. The molecule has 4 rings (SSSR count). The van der Waals surface area contributed by atoms with E-state index in [1.54, 1.807) is 6.07 Å². The molecule has 0 aliphatic heterocycles. The molecule has 7 nitrogen and oxygen atoms in total. The first-order valence-electron chi connectivity index (χ1n) is 9.09. The lowest BCUT2D eigenvalue weighted by atomic mass is 10.1. The molecular weight excluding hydrogens is 354 g/mol. The topological polar surface area (TPSA) is 99.0 Å². The van der Waals surface area contributed by atoms with Crippen LogP contribution in [0, 0.1) is 0 Å². The number of nitrogens with zero attached hydrogens (tertiary/aromatic N) is 4. The van der Waals surface area contributed by atoms with Gasteiger partial charge in [0.2, 0.25) is 5.91 Å². The van der Waals surface area contributed by atoms with Gasteiger partial charge in [-0.05, 0) is 42.3 Å². The van der Waals surface area contributed by atoms with Gasteiger partial charge in [0.25, 0.3) is 0 Å². The SMILES string of the molecule is CCc1ccc(O)c(-c2nnc(CC(N)=O)n2-c2cccc3c2ccn3C)c1. The number of phenolic OH excluding ortho intramolecular Hbond substituents is 1. The van der Waals surface area contributed by atoms with Gasteiger partial charge in [-0.15, -0.1) is 10.2 Å². The smallest absolute Gasteiger partial charge is 0.225 e. The summed E-state index contributed by atoms with van der Waals surface area (Å²) in [4.78, 5) is 11.6. The highest BCUT2D eigenvalue weighted by atomic mass is 16.3. The molecule has 0 spiro atoms. The third kappa shape index (κ3) is 2.90. The Morgan fingerprint density at radius 2 is 2.00 bits per heavy atom. The molecule has 0 atom stereocenters. The molecule has 28 heavy (non-hydrogen) atoms. The van der Waals surface area contributed by atoms with Crippen molar-refractivity contribution in [2.45, 2.75) is 19.8 Å². The maximum Gasteiger partial charge on any atom is 0.225 e. The van der Waals surface area contributed by atoms with E-state index < -0.39 is 5.91 Å². The number of phenols is 1. The maximum atomic E-state index is 11.6. The normalized spacial score (nSPS) is 11.2. The van der Waals surface area contributed by atoms with Crippen LogP contribution in [0.1, 0.15) is 18.3 Å². The van der Waals surface area contributed by atoms with E-state index in [4.69, 9.17) is 5.73 Å². The Morgan fingerprint density at radius 3 is 2.75 bits per heavy atom. The van der Waals surface area contributed by atoms with Crippen LogP contribution in [0.3, 0.4) is 0 Å². The molecule has 0 fully saturated rings. The summed E-state index contributed by atoms with van der Waals surface area (Å²) >= 11 is 0. The van der Waals surface area contributed by atoms with Gasteiger partial charge in [0.1, 0.15) is 11.6 Å². The minimum absolute atomic E-state index is 0.0511. The van der Waals surface area contributed by atoms with Crippen molar-refractivity contribution in [1.29, 1.82) is 0 Å². The number of rotatable bonds is 5. The summed E-state index contributed by atoms with van der Waals surface area (Å²) in [5.74, 6) is 0.518. The number of hydrogen-bond acceptors (Lipinski definition) is 4. The van der Waals surface area contributed by atoms with Crippen LogP contribution in [-0.4, -0.2) is 30.3 Å². The maximum absolute atomic E-state index is 11.6. The molecule has 1 amide bonds. The van der Waals surface area contributed by atoms with Gasteiger partial charge >= 0.3 is 0 Å². The Hall–Kier alpha value is -3.61. The number of aromatic nitrogens is 4. The first-order chi connectivity index (χ1) is 13.5. The Kier molecular flexibility index (Phi) is 4.35. The third-order valence-electron chi connectivity index (χ3n) is 4.92. The monoisotopic (exact) mass is 375 g/mol. The van der Waals surface area contributed by atoms with Crippen LogP contribution in [0.5, 0.6) is 5.75 Å². The van der Waals surface area contributed by atoms with Crippen LogP contribution < -0.4 is 5.73 Å². The van der Waals surface area contributed by atoms with Crippen molar-refractivity contribution in [3.63, 3.8) is 0 Å². The lowest BCUT2D eigenvalue weighted by Gasteiger charge is -2.13. The van der Waals surface area contributed by atoms with Gasteiger partial charge in [0.05, 0.1) is 17.7 Å². The van der Waals surface area contributed by atoms with Crippen molar-refractivity contribution in [3.8, 4) is 22.8 Å². The molecular formula is C21H21N5O2. The zero-order chi connectivity index (χ0) is 19.8. The van der Waals surface area contributed by atoms with E-state index in [0.29, 0.717) is 17.2 Å². The minimum atomic E-state index is -0.494. The number of hydrogen-bond donors (Lipinski definition) is 2. The standard InChI is InChI=1S/C21H21N5O2/c1-3-13-7-8-18(27)15(11-13)21-24-23-20(12-19(22)28)26(21)17-6-4-5-16-14(17)9-10-25(16)2/h4-11,27H,3,12H2,1-2H3,(H2,22,28). The second kappa shape index (κ2) is 6.84. The van der Waals surface area contributed by atoms with Gasteiger partial charge in [0.15, 0.2) is 5.82 Å². The number of carbonyl (C=O) groups is 1. The Morgan fingerprint density at radius 1 is 1.18 bits per heavy atom. The van der Waals surface area contributed by atoms with E-state index in [-0.39, 0.29) is 12.2 Å². The highest BCUT2D eigenvalue weighted by molar-refractivity contribution is 5.89. The van der Waals surface area contributed by atoms with Crippen molar-refractivity contribution < 1.29 is 9.90 Å². The number of aryl methyl sites for hydroxylation is 2. The summed E-state index contributed by atoms with van der Waals surface area (Å²) in [7, 11) is 1.97. The van der Waals surface area contributed by atoms with Gasteiger partial charge in [-0.3, -0.25) is 9.36 Å². The van der Waals surface area contributed by atoms with Crippen LogP contribution in [0.4, 0.5) is 0 Å². The largest absolute Gasteiger partial charge is 0.507 e. The predicted octanol–water partition coefficient (Wildman–Crippen LogP) is 2.72. The number of primary amides is 1. The average Bonchev–Trinajstić information content (AvgIpc) is 3.25. The van der Waals surface area contributed by atoms with E-state index in [1.165, 1.54) is 0 Å². The molecule has 3 N–H and O–H groups in total. The fourth-order valence-electron chi connectivity index (χ4n) is 3.48. The van der Waals surface area contributed by atoms with Crippen LogP contribution >= 0.6 is 0 Å². The quantitative estimate of drug-likeness (QED) is 0.560. The zero-order valence-corrected chi connectivity index (χ0v) is 15.8. The lowest BCUT2D eigenvalue weighted by Crippen LogP contribution is -2.17. The van der Waals surface area contributed by atoms with Gasteiger partial charge in [-0.1, -0.05) is 19.1 Å². The van der Waals surface area contributed by atoms with E-state index in [1.807, 2.05) is 65.7 Å². The summed E-state index contributed by atoms with van der Waals surface area (Å²) in [6.07, 6.45) is 2.75. The van der Waals surface area contributed by atoms with Gasteiger partial charge in [0, 0.05) is 24.1 Å². The van der Waals surface area contributed by atoms with Gasteiger partial charge in [-0.2, -0.15) is 0 Å². The van der Waals surface area contributed by atoms with E-state index in [9.17, 15) is 9.90 Å². The van der Waals surface area contributed by atoms with E-state index in [0.717, 1.165) is 28.6 Å². The van der Waals surface area contributed by atoms with Crippen molar-refractivity contribution in [3.05, 3.63) is 60.0 Å². The Balaban J connectivity index is 2.02. The Bertz CT molecular complexity index is 1190. The highest BCUT2D eigenvalue weighted by Gasteiger charge is 2.21. The van der Waals surface area contributed by atoms with Crippen LogP contribution in [-0.2, 0) is 24.7 Å². The van der Waals surface area contributed by atoms with Crippen LogP contribution in [0.2, 0.25) is 0 Å². The molecule has 0 saturated heterocycles. The van der Waals surface area contributed by atoms with Crippen molar-refractivity contribution >= 4 is 16.8 Å². The fourth-order valence-corrected chi connectivity index (χ4v) is 3.48. The summed E-state index contributed by atoms with van der Waals surface area (Å²) in [6.45, 7) is 2.05. The summed E-state index contributed by atoms with van der Waals surface area (Å²) in [5, 5.41) is 20.0. The summed E-state index contributed by atoms with van der Waals surface area (Å²) < 4.78 is 3.83. The van der Waals surface area contributed by atoms with Crippen molar-refractivity contribution in [1.82, 2.24) is 19.3 Å². The molecule has 0 saturated carbocycles. The first-order valence-corrected chi connectivity index (χ1v) is 9.09. The van der Waals surface area contributed by atoms with Crippen molar-refractivity contribution in [2.24, 2.45) is 12.8 Å². The number of fused-ring (bicyclic) bond motifs is 1. The average molecular weight is 375 g/mol. The molecule has 0 unspecified atom stereocenters. The number of amides is 1.